The van der Waals surface area contributed by atoms with Gasteiger partial charge in [-0.1, -0.05) is 0 Å². The third-order valence-electron chi connectivity index (χ3n) is 1.22. The van der Waals surface area contributed by atoms with Gasteiger partial charge in [-0.2, -0.15) is 0 Å². The van der Waals surface area contributed by atoms with Crippen LogP contribution in [0.5, 0.6) is 0 Å². The van der Waals surface area contributed by atoms with Crippen LogP contribution in [0, 0.1) is 0 Å². The van der Waals surface area contributed by atoms with Gasteiger partial charge in [0.2, 0.25) is 0 Å². The molecule has 0 bridgehead atoms. The van der Waals surface area contributed by atoms with Gasteiger partial charge in [0.05, 0.1) is 0 Å². The zero-order chi connectivity index (χ0) is 7.23. The summed E-state index contributed by atoms with van der Waals surface area (Å²) >= 11 is 0.162. The molecule has 1 aromatic rings. The average molecular weight is 248 g/mol. The Kier molecular flexibility index (Phi) is 3.87. The van der Waals surface area contributed by atoms with Crippen molar-refractivity contribution < 1.29 is 0 Å². The molecule has 0 saturated heterocycles. The van der Waals surface area contributed by atoms with Crippen LogP contribution < -0.4 is 3.61 Å². The summed E-state index contributed by atoms with van der Waals surface area (Å²) in [5.74, 6) is 0. The Bertz CT molecular complexity index is 169. The van der Waals surface area contributed by atoms with Gasteiger partial charge in [0, 0.05) is 0 Å². The molecule has 1 heteroatoms. The van der Waals surface area contributed by atoms with Crippen LogP contribution in [-0.2, 0) is 0 Å². The van der Waals surface area contributed by atoms with E-state index in [9.17, 15) is 0 Å². The van der Waals surface area contributed by atoms with Gasteiger partial charge in [-0.05, 0) is 0 Å². The second kappa shape index (κ2) is 4.77. The Labute approximate surface area is 72.7 Å². The van der Waals surface area contributed by atoms with Crippen molar-refractivity contribution in [2.75, 3.05) is 0 Å². The number of benzene rings is 1. The van der Waals surface area contributed by atoms with E-state index in [0.29, 0.717) is 0 Å². The molecular weight excluding hydrogens is 236 g/mol. The summed E-state index contributed by atoms with van der Waals surface area (Å²) in [5, 5.41) is 0. The van der Waals surface area contributed by atoms with Crippen LogP contribution in [0.25, 0.3) is 0 Å². The van der Waals surface area contributed by atoms with E-state index in [1.165, 1.54) is 10.9 Å². The Balaban J connectivity index is 2.43. The molecule has 0 spiro atoms. The van der Waals surface area contributed by atoms with Crippen LogP contribution in [0.15, 0.2) is 30.3 Å². The fraction of sp³-hybridized carbons (Fsp3) is 0.333. The van der Waals surface area contributed by atoms with Crippen molar-refractivity contribution in [1.82, 2.24) is 0 Å². The van der Waals surface area contributed by atoms with Gasteiger partial charge in [0.1, 0.15) is 0 Å². The summed E-state index contributed by atoms with van der Waals surface area (Å²) < 4.78 is 3.03. The Morgan fingerprint density at radius 2 is 1.90 bits per heavy atom. The maximum absolute atomic E-state index is 2.26. The summed E-state index contributed by atoms with van der Waals surface area (Å²) in [6.07, 6.45) is 1.34. The first-order valence-corrected chi connectivity index (χ1v) is 6.42. The Morgan fingerprint density at radius 3 is 2.50 bits per heavy atom. The SMILES string of the molecule is CCC[Te]c1ccccc1. The van der Waals surface area contributed by atoms with Crippen LogP contribution in [0.2, 0.25) is 4.47 Å². The molecule has 0 aliphatic carbocycles. The fourth-order valence-corrected chi connectivity index (χ4v) is 2.99. The molecule has 0 radical (unpaired) electrons. The van der Waals surface area contributed by atoms with E-state index >= 15 is 0 Å². The van der Waals surface area contributed by atoms with Gasteiger partial charge >= 0.3 is 72.7 Å². The molecule has 0 heterocycles. The molecule has 0 atom stereocenters. The zero-order valence-electron chi connectivity index (χ0n) is 6.21. The molecule has 0 N–H and O–H groups in total. The first-order chi connectivity index (χ1) is 4.93. The quantitative estimate of drug-likeness (QED) is 0.716. The Hall–Kier alpha value is 0.00961. The molecule has 0 aliphatic rings. The van der Waals surface area contributed by atoms with E-state index in [0.717, 1.165) is 0 Å². The van der Waals surface area contributed by atoms with Gasteiger partial charge in [0.25, 0.3) is 0 Å². The molecule has 10 heavy (non-hydrogen) atoms. The maximum atomic E-state index is 2.26. The van der Waals surface area contributed by atoms with E-state index in [2.05, 4.69) is 37.3 Å². The predicted molar refractivity (Wildman–Crippen MR) is 46.9 cm³/mol. The summed E-state index contributed by atoms with van der Waals surface area (Å²) in [6.45, 7) is 2.26. The van der Waals surface area contributed by atoms with Crippen molar-refractivity contribution >= 4 is 24.5 Å². The molecular formula is C9H12Te. The van der Waals surface area contributed by atoms with Gasteiger partial charge < -0.3 is 0 Å². The van der Waals surface area contributed by atoms with Gasteiger partial charge in [-0.3, -0.25) is 0 Å². The van der Waals surface area contributed by atoms with Gasteiger partial charge in [-0.25, -0.2) is 0 Å². The third-order valence-corrected chi connectivity index (χ3v) is 4.69. The zero-order valence-corrected chi connectivity index (χ0v) is 8.54. The van der Waals surface area contributed by atoms with Crippen molar-refractivity contribution in [1.29, 1.82) is 0 Å². The normalized spacial score (nSPS) is 9.70. The first kappa shape index (κ1) is 8.11. The molecule has 0 aliphatic heterocycles. The monoisotopic (exact) mass is 250 g/mol. The predicted octanol–water partition coefficient (Wildman–Crippen LogP) is 1.84. The van der Waals surface area contributed by atoms with E-state index in [1.54, 1.807) is 3.61 Å². The van der Waals surface area contributed by atoms with Crippen molar-refractivity contribution in [3.8, 4) is 0 Å². The van der Waals surface area contributed by atoms with Crippen molar-refractivity contribution in [2.24, 2.45) is 0 Å². The number of hydrogen-bond donors (Lipinski definition) is 0. The van der Waals surface area contributed by atoms with E-state index in [-0.39, 0.29) is 20.9 Å². The third kappa shape index (κ3) is 2.73. The standard InChI is InChI=1S/C9H12Te/c1-2-8-10-9-6-4-3-5-7-9/h3-7H,2,8H2,1H3. The summed E-state index contributed by atoms with van der Waals surface area (Å²) in [6, 6.07) is 10.9. The number of hydrogen-bond acceptors (Lipinski definition) is 0. The molecule has 0 saturated carbocycles. The molecule has 54 valence electrons. The summed E-state index contributed by atoms with van der Waals surface area (Å²) in [7, 11) is 0. The number of rotatable bonds is 3. The molecule has 1 aromatic carbocycles. The van der Waals surface area contributed by atoms with Gasteiger partial charge in [0.15, 0.2) is 0 Å². The Morgan fingerprint density at radius 1 is 1.20 bits per heavy atom. The van der Waals surface area contributed by atoms with Crippen LogP contribution in [0.3, 0.4) is 0 Å². The second-order valence-corrected chi connectivity index (χ2v) is 5.50. The van der Waals surface area contributed by atoms with E-state index in [4.69, 9.17) is 0 Å². The molecule has 0 fully saturated rings. The van der Waals surface area contributed by atoms with Gasteiger partial charge in [-0.15, -0.1) is 0 Å². The van der Waals surface area contributed by atoms with Crippen LogP contribution in [0.1, 0.15) is 13.3 Å². The van der Waals surface area contributed by atoms with E-state index in [1.807, 2.05) is 0 Å². The van der Waals surface area contributed by atoms with Crippen molar-refractivity contribution in [3.05, 3.63) is 30.3 Å². The molecule has 0 unspecified atom stereocenters. The minimum atomic E-state index is 0.162. The van der Waals surface area contributed by atoms with Crippen molar-refractivity contribution in [3.63, 3.8) is 0 Å². The average Bonchev–Trinajstić information content (AvgIpc) is 2.03. The molecule has 1 rings (SSSR count). The van der Waals surface area contributed by atoms with Crippen LogP contribution in [-0.4, -0.2) is 20.9 Å². The second-order valence-electron chi connectivity index (χ2n) is 2.16. The van der Waals surface area contributed by atoms with Crippen LogP contribution >= 0.6 is 0 Å². The van der Waals surface area contributed by atoms with E-state index < -0.39 is 0 Å². The molecule has 0 aromatic heterocycles. The summed E-state index contributed by atoms with van der Waals surface area (Å²) in [5.41, 5.74) is 0. The summed E-state index contributed by atoms with van der Waals surface area (Å²) in [4.78, 5) is 0. The molecule has 0 amide bonds. The first-order valence-electron chi connectivity index (χ1n) is 3.61. The van der Waals surface area contributed by atoms with Crippen molar-refractivity contribution in [2.45, 2.75) is 17.8 Å². The minimum absolute atomic E-state index is 0.162. The molecule has 0 nitrogen and oxygen atoms in total. The van der Waals surface area contributed by atoms with Crippen LogP contribution in [0.4, 0.5) is 0 Å². The fourth-order valence-electron chi connectivity index (χ4n) is 0.737. The topological polar surface area (TPSA) is 0 Å².